The number of rotatable bonds is 6. The molecule has 3 aromatic carbocycles. The van der Waals surface area contributed by atoms with Gasteiger partial charge in [0.25, 0.3) is 0 Å². The first-order valence-corrected chi connectivity index (χ1v) is 11.6. The molecule has 0 bridgehead atoms. The second-order valence-corrected chi connectivity index (χ2v) is 8.78. The largest absolute Gasteiger partial charge is 0.368 e. The average molecular weight is 468 g/mol. The number of nitrogens with two attached hydrogens (primary N) is 2. The van der Waals surface area contributed by atoms with Crippen LogP contribution in [0, 0.1) is 5.82 Å². The van der Waals surface area contributed by atoms with Gasteiger partial charge in [0, 0.05) is 29.4 Å². The highest BCUT2D eigenvalue weighted by Gasteiger charge is 2.30. The van der Waals surface area contributed by atoms with E-state index in [1.54, 1.807) is 36.5 Å². The molecule has 35 heavy (non-hydrogen) atoms. The van der Waals surface area contributed by atoms with Crippen molar-refractivity contribution in [1.82, 2.24) is 14.9 Å². The summed E-state index contributed by atoms with van der Waals surface area (Å²) in [7, 11) is 0. The van der Waals surface area contributed by atoms with E-state index in [0.29, 0.717) is 17.7 Å². The van der Waals surface area contributed by atoms with Gasteiger partial charge in [-0.05, 0) is 60.3 Å². The maximum Gasteiger partial charge on any atom is 0.248 e. The molecule has 0 saturated carbocycles. The molecule has 1 amide bonds. The molecule has 0 spiro atoms. The van der Waals surface area contributed by atoms with Crippen LogP contribution in [0.25, 0.3) is 22.3 Å². The molecule has 1 unspecified atom stereocenters. The normalized spacial score (nSPS) is 15.9. The van der Waals surface area contributed by atoms with E-state index >= 15 is 0 Å². The van der Waals surface area contributed by atoms with Gasteiger partial charge in [0.15, 0.2) is 0 Å². The molecular weight excluding hydrogens is 441 g/mol. The number of anilines is 1. The third-order valence-corrected chi connectivity index (χ3v) is 6.47. The number of hydrogen-bond donors (Lipinski definition) is 2. The number of halogens is 1. The van der Waals surface area contributed by atoms with Crippen molar-refractivity contribution in [2.75, 3.05) is 12.3 Å². The van der Waals surface area contributed by atoms with Crippen molar-refractivity contribution in [3.05, 3.63) is 102 Å². The summed E-state index contributed by atoms with van der Waals surface area (Å²) in [5.41, 5.74) is 17.0. The summed E-state index contributed by atoms with van der Waals surface area (Å²) in [5, 5.41) is 0. The van der Waals surface area contributed by atoms with Gasteiger partial charge in [0.1, 0.15) is 5.82 Å². The molecule has 176 valence electrons. The number of likely N-dealkylation sites (tertiary alicyclic amines) is 1. The molecule has 1 fully saturated rings. The lowest BCUT2D eigenvalue weighted by atomic mass is 9.97. The molecule has 1 aromatic heterocycles. The van der Waals surface area contributed by atoms with Crippen LogP contribution in [0.2, 0.25) is 0 Å². The predicted molar refractivity (Wildman–Crippen MR) is 135 cm³/mol. The van der Waals surface area contributed by atoms with Gasteiger partial charge in [-0.1, -0.05) is 48.5 Å². The maximum atomic E-state index is 14.4. The van der Waals surface area contributed by atoms with E-state index in [4.69, 9.17) is 11.5 Å². The second-order valence-electron chi connectivity index (χ2n) is 8.78. The smallest absolute Gasteiger partial charge is 0.248 e. The molecule has 0 aliphatic carbocycles. The molecule has 6 nitrogen and oxygen atoms in total. The number of nitrogens with zero attached hydrogens (tertiary/aromatic N) is 3. The minimum Gasteiger partial charge on any atom is -0.368 e. The highest BCUT2D eigenvalue weighted by Crippen LogP contribution is 2.38. The van der Waals surface area contributed by atoms with Gasteiger partial charge in [0.05, 0.1) is 11.7 Å². The summed E-state index contributed by atoms with van der Waals surface area (Å²) in [6.45, 7) is 1.59. The Morgan fingerprint density at radius 2 is 1.77 bits per heavy atom. The third kappa shape index (κ3) is 4.76. The third-order valence-electron chi connectivity index (χ3n) is 6.47. The molecule has 4 aromatic rings. The van der Waals surface area contributed by atoms with Gasteiger partial charge >= 0.3 is 0 Å². The molecule has 1 atom stereocenters. The number of hydrogen-bond acceptors (Lipinski definition) is 5. The number of nitrogen functional groups attached to an aromatic ring is 1. The lowest BCUT2D eigenvalue weighted by Gasteiger charge is -2.26. The first kappa shape index (κ1) is 22.7. The Balaban J connectivity index is 1.47. The fraction of sp³-hybridized carbons (Fsp3) is 0.179. The van der Waals surface area contributed by atoms with Crippen molar-refractivity contribution in [3.63, 3.8) is 0 Å². The van der Waals surface area contributed by atoms with E-state index in [9.17, 15) is 9.18 Å². The number of benzene rings is 3. The molecule has 4 N–H and O–H groups in total. The van der Waals surface area contributed by atoms with Crippen molar-refractivity contribution in [1.29, 1.82) is 0 Å². The number of amides is 1. The minimum atomic E-state index is -0.484. The SMILES string of the molecule is NC(=O)c1cccc(-c2cnc(N)nc2C2CCCN2Cc2cccc(-c3ccccc3F)c2)c1. The summed E-state index contributed by atoms with van der Waals surface area (Å²) in [5.74, 6) is -0.506. The Hall–Kier alpha value is -4.10. The van der Waals surface area contributed by atoms with Crippen molar-refractivity contribution >= 4 is 11.9 Å². The molecule has 7 heteroatoms. The highest BCUT2D eigenvalue weighted by atomic mass is 19.1. The van der Waals surface area contributed by atoms with Crippen LogP contribution in [0.1, 0.15) is 40.5 Å². The Labute approximate surface area is 203 Å². The number of aromatic nitrogens is 2. The standard InChI is InChI=1S/C28H26FN5O/c29-24-11-2-1-10-22(24)19-7-3-6-18(14-19)17-34-13-5-12-25(34)26-23(16-32-28(31)33-26)20-8-4-9-21(15-20)27(30)35/h1-4,6-11,14-16,25H,5,12-13,17H2,(H2,30,35)(H2,31,32,33). The number of carbonyl (C=O) groups is 1. The van der Waals surface area contributed by atoms with Gasteiger partial charge in [-0.2, -0.15) is 0 Å². The van der Waals surface area contributed by atoms with Crippen LogP contribution in [0.3, 0.4) is 0 Å². The molecule has 2 heterocycles. The summed E-state index contributed by atoms with van der Waals surface area (Å²) in [4.78, 5) is 22.9. The van der Waals surface area contributed by atoms with Crippen LogP contribution in [0.15, 0.2) is 79.0 Å². The summed E-state index contributed by atoms with van der Waals surface area (Å²) in [6.07, 6.45) is 3.65. The Morgan fingerprint density at radius 3 is 2.57 bits per heavy atom. The zero-order chi connectivity index (χ0) is 24.4. The zero-order valence-electron chi connectivity index (χ0n) is 19.2. The Kier molecular flexibility index (Phi) is 6.25. The molecule has 1 saturated heterocycles. The van der Waals surface area contributed by atoms with Crippen LogP contribution < -0.4 is 11.5 Å². The molecule has 1 aliphatic rings. The van der Waals surface area contributed by atoms with E-state index in [1.165, 1.54) is 6.07 Å². The van der Waals surface area contributed by atoms with Gasteiger partial charge in [-0.3, -0.25) is 9.69 Å². The van der Waals surface area contributed by atoms with E-state index < -0.39 is 5.91 Å². The van der Waals surface area contributed by atoms with Crippen LogP contribution in [0.4, 0.5) is 10.3 Å². The maximum absolute atomic E-state index is 14.4. The van der Waals surface area contributed by atoms with E-state index in [-0.39, 0.29) is 17.8 Å². The number of primary amides is 1. The van der Waals surface area contributed by atoms with E-state index in [2.05, 4.69) is 20.9 Å². The van der Waals surface area contributed by atoms with E-state index in [1.807, 2.05) is 30.3 Å². The predicted octanol–water partition coefficient (Wildman–Crippen LogP) is 4.97. The monoisotopic (exact) mass is 467 g/mol. The topological polar surface area (TPSA) is 98.1 Å². The first-order valence-electron chi connectivity index (χ1n) is 11.6. The van der Waals surface area contributed by atoms with E-state index in [0.717, 1.165) is 47.3 Å². The number of carbonyl (C=O) groups excluding carboxylic acids is 1. The lowest BCUT2D eigenvalue weighted by molar-refractivity contribution is 0.100. The van der Waals surface area contributed by atoms with Crippen LogP contribution in [-0.2, 0) is 6.54 Å². The highest BCUT2D eigenvalue weighted by molar-refractivity contribution is 5.94. The lowest BCUT2D eigenvalue weighted by Crippen LogP contribution is -2.24. The zero-order valence-corrected chi connectivity index (χ0v) is 19.2. The average Bonchev–Trinajstić information content (AvgIpc) is 3.32. The Bertz CT molecular complexity index is 1390. The molecule has 1 aliphatic heterocycles. The summed E-state index contributed by atoms with van der Waals surface area (Å²) < 4.78 is 14.4. The minimum absolute atomic E-state index is 0.0321. The quantitative estimate of drug-likeness (QED) is 0.417. The molecule has 5 rings (SSSR count). The van der Waals surface area contributed by atoms with Crippen molar-refractivity contribution < 1.29 is 9.18 Å². The second kappa shape index (κ2) is 9.64. The van der Waals surface area contributed by atoms with Gasteiger partial charge in [0.2, 0.25) is 11.9 Å². The summed E-state index contributed by atoms with van der Waals surface area (Å²) in [6, 6.07) is 22.0. The van der Waals surface area contributed by atoms with Gasteiger partial charge in [-0.25, -0.2) is 14.4 Å². The van der Waals surface area contributed by atoms with Crippen molar-refractivity contribution in [2.45, 2.75) is 25.4 Å². The molecule has 0 radical (unpaired) electrons. The fourth-order valence-corrected chi connectivity index (χ4v) is 4.82. The Morgan fingerprint density at radius 1 is 1.00 bits per heavy atom. The van der Waals surface area contributed by atoms with Crippen molar-refractivity contribution in [2.24, 2.45) is 5.73 Å². The van der Waals surface area contributed by atoms with Gasteiger partial charge in [-0.15, -0.1) is 0 Å². The molecular formula is C28H26FN5O. The van der Waals surface area contributed by atoms with Crippen molar-refractivity contribution in [3.8, 4) is 22.3 Å². The summed E-state index contributed by atoms with van der Waals surface area (Å²) >= 11 is 0. The van der Waals surface area contributed by atoms with Crippen LogP contribution >= 0.6 is 0 Å². The van der Waals surface area contributed by atoms with Crippen LogP contribution in [-0.4, -0.2) is 27.3 Å². The fourth-order valence-electron chi connectivity index (χ4n) is 4.82. The first-order chi connectivity index (χ1) is 17.0. The van der Waals surface area contributed by atoms with Crippen LogP contribution in [0.5, 0.6) is 0 Å². The van der Waals surface area contributed by atoms with Gasteiger partial charge < -0.3 is 11.5 Å².